The maximum atomic E-state index is 13.3. The van der Waals surface area contributed by atoms with E-state index >= 15 is 0 Å². The molecule has 11 heteroatoms. The Morgan fingerprint density at radius 3 is 2.44 bits per heavy atom. The molecule has 1 unspecified atom stereocenters. The minimum Gasteiger partial charge on any atom is -0.464 e. The van der Waals surface area contributed by atoms with E-state index in [-0.39, 0.29) is 31.3 Å². The van der Waals surface area contributed by atoms with E-state index in [9.17, 15) is 14.4 Å². The Hall–Kier alpha value is -4.25. The lowest BCUT2D eigenvalue weighted by atomic mass is 9.99. The second-order valence-corrected chi connectivity index (χ2v) is 9.66. The number of carbonyl (C=O) groups excluding carboxylic acids is 3. The highest BCUT2D eigenvalue weighted by molar-refractivity contribution is 6.01. The van der Waals surface area contributed by atoms with Crippen LogP contribution in [0.4, 0.5) is 5.69 Å². The molecule has 0 spiro atoms. The third kappa shape index (κ3) is 8.64. The maximum Gasteiger partial charge on any atom is 0.310 e. The summed E-state index contributed by atoms with van der Waals surface area (Å²) in [5.74, 6) is 4.24. The number of nitrogens with one attached hydrogen (secondary N) is 1. The number of nitrogens with zero attached hydrogens (tertiary/aromatic N) is 4. The van der Waals surface area contributed by atoms with Gasteiger partial charge in [0.2, 0.25) is 11.8 Å². The molecule has 0 aliphatic carbocycles. The number of carbonyl (C=O) groups is 3. The van der Waals surface area contributed by atoms with Crippen molar-refractivity contribution in [2.75, 3.05) is 45.7 Å². The number of hydrogen-bond donors (Lipinski definition) is 3. The average molecular weight is 536 g/mol. The summed E-state index contributed by atoms with van der Waals surface area (Å²) in [4.78, 5) is 40.3. The molecule has 1 aliphatic rings. The van der Waals surface area contributed by atoms with Crippen molar-refractivity contribution in [2.45, 2.75) is 32.4 Å². The van der Waals surface area contributed by atoms with Crippen molar-refractivity contribution in [3.05, 3.63) is 59.2 Å². The van der Waals surface area contributed by atoms with Crippen LogP contribution in [0.1, 0.15) is 30.9 Å². The van der Waals surface area contributed by atoms with Crippen LogP contribution in [0.3, 0.4) is 0 Å². The summed E-state index contributed by atoms with van der Waals surface area (Å²) in [5.41, 5.74) is 10.2. The van der Waals surface area contributed by atoms with Gasteiger partial charge in [0.05, 0.1) is 13.0 Å². The van der Waals surface area contributed by atoms with Gasteiger partial charge in [0, 0.05) is 30.8 Å². The van der Waals surface area contributed by atoms with Crippen molar-refractivity contribution in [1.82, 2.24) is 9.80 Å². The predicted molar refractivity (Wildman–Crippen MR) is 150 cm³/mol. The molecule has 0 aromatic heterocycles. The Morgan fingerprint density at radius 1 is 1.08 bits per heavy atom. The van der Waals surface area contributed by atoms with Crippen molar-refractivity contribution in [3.8, 4) is 11.1 Å². The Kier molecular flexibility index (Phi) is 10.6. The number of nitrogens with two attached hydrogens (primary N) is 2. The Bertz CT molecular complexity index is 1220. The number of esters is 1. The van der Waals surface area contributed by atoms with Gasteiger partial charge in [-0.15, -0.1) is 5.11 Å². The summed E-state index contributed by atoms with van der Waals surface area (Å²) < 4.78 is 5.28. The monoisotopic (exact) mass is 535 g/mol. The highest BCUT2D eigenvalue weighted by Gasteiger charge is 2.25. The number of rotatable bonds is 12. The van der Waals surface area contributed by atoms with Crippen LogP contribution in [0.2, 0.25) is 0 Å². The molecule has 2 aromatic carbocycles. The van der Waals surface area contributed by atoms with E-state index < -0.39 is 12.1 Å². The zero-order chi connectivity index (χ0) is 28.4. The van der Waals surface area contributed by atoms with E-state index in [0.29, 0.717) is 31.7 Å². The lowest BCUT2D eigenvalue weighted by molar-refractivity contribution is -0.143. The van der Waals surface area contributed by atoms with E-state index in [1.165, 1.54) is 4.90 Å². The Balaban J connectivity index is 1.82. The first-order valence-corrected chi connectivity index (χ1v) is 12.9. The predicted octanol–water partition coefficient (Wildman–Crippen LogP) is 2.58. The first-order valence-electron chi connectivity index (χ1n) is 12.9. The molecule has 0 radical (unpaired) electrons. The van der Waals surface area contributed by atoms with Gasteiger partial charge in [-0.2, -0.15) is 0 Å². The highest BCUT2D eigenvalue weighted by Crippen LogP contribution is 2.32. The number of ether oxygens (including phenoxy) is 1. The molecule has 1 heterocycles. The molecule has 208 valence electrons. The number of benzene rings is 2. The summed E-state index contributed by atoms with van der Waals surface area (Å²) in [5, 5.41) is 10.8. The van der Waals surface area contributed by atoms with Gasteiger partial charge < -0.3 is 31.4 Å². The van der Waals surface area contributed by atoms with Gasteiger partial charge in [-0.05, 0) is 54.9 Å². The normalized spacial score (nSPS) is 14.8. The van der Waals surface area contributed by atoms with Crippen molar-refractivity contribution in [1.29, 1.82) is 0 Å². The number of hydrogen-bond acceptors (Lipinski definition) is 8. The van der Waals surface area contributed by atoms with Crippen LogP contribution in [0.15, 0.2) is 58.4 Å². The van der Waals surface area contributed by atoms with Gasteiger partial charge in [0.25, 0.3) is 0 Å². The molecule has 11 nitrogen and oxygen atoms in total. The van der Waals surface area contributed by atoms with Crippen molar-refractivity contribution in [2.24, 2.45) is 21.9 Å². The van der Waals surface area contributed by atoms with Crippen LogP contribution in [0.25, 0.3) is 17.2 Å². The van der Waals surface area contributed by atoms with Crippen LogP contribution in [0, 0.1) is 0 Å². The van der Waals surface area contributed by atoms with Gasteiger partial charge in [-0.3, -0.25) is 14.4 Å². The molecule has 1 aliphatic heterocycles. The number of primary amides is 1. The minimum absolute atomic E-state index is 0.157. The van der Waals surface area contributed by atoms with Gasteiger partial charge in [-0.25, -0.2) is 0 Å². The van der Waals surface area contributed by atoms with Crippen LogP contribution in [-0.2, 0) is 25.5 Å². The van der Waals surface area contributed by atoms with Crippen molar-refractivity contribution >= 4 is 29.5 Å². The smallest absolute Gasteiger partial charge is 0.310 e. The molecular weight excluding hydrogens is 498 g/mol. The molecule has 39 heavy (non-hydrogen) atoms. The van der Waals surface area contributed by atoms with E-state index in [1.54, 1.807) is 6.08 Å². The molecule has 0 saturated heterocycles. The fraction of sp³-hybridized carbons (Fsp3) is 0.393. The third-order valence-corrected chi connectivity index (χ3v) is 6.16. The molecule has 0 fully saturated rings. The molecule has 1 atom stereocenters. The van der Waals surface area contributed by atoms with Crippen molar-refractivity contribution in [3.63, 3.8) is 0 Å². The summed E-state index contributed by atoms with van der Waals surface area (Å²) in [6.07, 6.45) is 2.36. The second-order valence-electron chi connectivity index (χ2n) is 9.66. The molecule has 0 bridgehead atoms. The second kappa shape index (κ2) is 14.1. The quantitative estimate of drug-likeness (QED) is 0.163. The third-order valence-electron chi connectivity index (χ3n) is 6.16. The van der Waals surface area contributed by atoms with E-state index in [0.717, 1.165) is 27.9 Å². The zero-order valence-electron chi connectivity index (χ0n) is 22.7. The topological polar surface area (TPSA) is 156 Å². The molecule has 2 aromatic rings. The first-order chi connectivity index (χ1) is 18.7. The van der Waals surface area contributed by atoms with E-state index in [4.69, 9.17) is 16.3 Å². The highest BCUT2D eigenvalue weighted by atomic mass is 16.5. The Morgan fingerprint density at radius 2 is 1.79 bits per heavy atom. The molecule has 0 saturated carbocycles. The van der Waals surface area contributed by atoms with Gasteiger partial charge in [0.15, 0.2) is 0 Å². The summed E-state index contributed by atoms with van der Waals surface area (Å²) in [6.45, 7) is 3.22. The van der Waals surface area contributed by atoms with Gasteiger partial charge in [0.1, 0.15) is 12.8 Å². The number of likely N-dealkylation sites (N-methyl/N-ethyl adjacent to an activating group) is 1. The van der Waals surface area contributed by atoms with Crippen LogP contribution >= 0.6 is 0 Å². The molecule has 5 N–H and O–H groups in total. The fourth-order valence-corrected chi connectivity index (χ4v) is 4.26. The summed E-state index contributed by atoms with van der Waals surface area (Å²) in [7, 11) is 3.85. The maximum absolute atomic E-state index is 13.3. The van der Waals surface area contributed by atoms with Crippen molar-refractivity contribution < 1.29 is 19.1 Å². The van der Waals surface area contributed by atoms with Gasteiger partial charge in [-0.1, -0.05) is 48.5 Å². The lowest BCUT2D eigenvalue weighted by Crippen LogP contribution is -2.40. The number of anilines is 1. The van der Waals surface area contributed by atoms with Crippen LogP contribution < -0.4 is 16.9 Å². The summed E-state index contributed by atoms with van der Waals surface area (Å²) >= 11 is 0. The van der Waals surface area contributed by atoms with E-state index in [2.05, 4.69) is 15.7 Å². The lowest BCUT2D eigenvalue weighted by Gasteiger charge is -2.22. The standard InChI is InChI=1S/C28H37N7O4/c1-4-11-35(18-25(29)36)28(38)23-15-22-10-9-21(16-24(22)31-26(17-23)32-33-30)20-7-5-19(6-8-20)14-27(37)39-13-12-34(2)3/h5-10,15-16,26,31H,4,11-14,17-18H2,1-3H3,(H2,29,36)(H2,30,32). The minimum atomic E-state index is -0.570. The molecule has 2 amide bonds. The van der Waals surface area contributed by atoms with Gasteiger partial charge >= 0.3 is 5.97 Å². The Labute approximate surface area is 228 Å². The number of amides is 2. The summed E-state index contributed by atoms with van der Waals surface area (Å²) in [6, 6.07) is 13.6. The van der Waals surface area contributed by atoms with E-state index in [1.807, 2.05) is 68.4 Å². The zero-order valence-corrected chi connectivity index (χ0v) is 22.7. The molecular formula is C28H37N7O4. The van der Waals surface area contributed by atoms with Crippen LogP contribution in [-0.4, -0.2) is 74.1 Å². The number of fused-ring (bicyclic) bond motifs is 1. The SMILES string of the molecule is CCCN(CC(N)=O)C(=O)C1=Cc2ccc(-c3ccc(CC(=O)OCCN(C)C)cc3)cc2NC(N=NN)C1. The largest absolute Gasteiger partial charge is 0.464 e. The molecule has 3 rings (SSSR count). The fourth-order valence-electron chi connectivity index (χ4n) is 4.26. The first kappa shape index (κ1) is 29.3. The van der Waals surface area contributed by atoms with Crippen LogP contribution in [0.5, 0.6) is 0 Å². The average Bonchev–Trinajstić information content (AvgIpc) is 3.07.